The van der Waals surface area contributed by atoms with Gasteiger partial charge in [0.1, 0.15) is 0 Å². The zero-order valence-electron chi connectivity index (χ0n) is 6.32. The highest BCUT2D eigenvalue weighted by Crippen LogP contribution is 2.06. The monoisotopic (exact) mass is 180 g/mol. The lowest BCUT2D eigenvalue weighted by Gasteiger charge is -2.19. The van der Waals surface area contributed by atoms with E-state index in [1.165, 1.54) is 5.06 Å². The molecule has 0 aromatic heterocycles. The van der Waals surface area contributed by atoms with Crippen molar-refractivity contribution in [1.82, 2.24) is 10.4 Å². The molecular weight excluding hydrogens is 168 g/mol. The molecule has 0 aliphatic carbocycles. The molecule has 1 fully saturated rings. The maximum absolute atomic E-state index is 10.2. The van der Waals surface area contributed by atoms with Gasteiger partial charge >= 0.3 is 11.4 Å². The number of nitrogens with one attached hydrogen (secondary N) is 1. The minimum absolute atomic E-state index is 0.214. The minimum Gasteiger partial charge on any atom is -0.315 e. The highest BCUT2D eigenvalue weighted by molar-refractivity contribution is 7.74. The molecule has 0 saturated carbocycles. The van der Waals surface area contributed by atoms with Crippen molar-refractivity contribution in [3.63, 3.8) is 0 Å². The smallest absolute Gasteiger partial charge is 0.315 e. The van der Waals surface area contributed by atoms with E-state index in [0.717, 1.165) is 19.5 Å². The van der Waals surface area contributed by atoms with Crippen molar-refractivity contribution < 1.29 is 13.0 Å². The standard InChI is InChI=1S/C5H12N2O3S/c1-7(10-11(8)9)5-2-3-6-4-5/h5-6H,2-4H2,1H3,(H,8,9). The van der Waals surface area contributed by atoms with Crippen LogP contribution in [0, 0.1) is 0 Å². The van der Waals surface area contributed by atoms with Crippen LogP contribution in [0.15, 0.2) is 0 Å². The Bertz CT molecular complexity index is 149. The van der Waals surface area contributed by atoms with Crippen molar-refractivity contribution in [2.45, 2.75) is 12.5 Å². The molecule has 0 spiro atoms. The first kappa shape index (κ1) is 9.08. The number of rotatable bonds is 3. The Labute approximate surface area is 68.2 Å². The molecule has 0 amide bonds. The van der Waals surface area contributed by atoms with E-state index in [-0.39, 0.29) is 6.04 Å². The molecule has 0 aromatic rings. The van der Waals surface area contributed by atoms with Gasteiger partial charge in [-0.1, -0.05) is 0 Å². The van der Waals surface area contributed by atoms with Gasteiger partial charge in [-0.3, -0.25) is 4.55 Å². The zero-order chi connectivity index (χ0) is 8.27. The maximum atomic E-state index is 10.2. The first-order chi connectivity index (χ1) is 5.20. The van der Waals surface area contributed by atoms with Gasteiger partial charge in [-0.05, 0) is 13.0 Å². The third kappa shape index (κ3) is 2.84. The van der Waals surface area contributed by atoms with Gasteiger partial charge in [-0.25, -0.2) is 0 Å². The van der Waals surface area contributed by atoms with E-state index in [2.05, 4.69) is 9.60 Å². The largest absolute Gasteiger partial charge is 0.319 e. The summed E-state index contributed by atoms with van der Waals surface area (Å²) < 4.78 is 23.1. The Morgan fingerprint density at radius 3 is 3.00 bits per heavy atom. The second kappa shape index (κ2) is 4.13. The molecular formula is C5H12N2O3S. The van der Waals surface area contributed by atoms with Crippen molar-refractivity contribution in [3.05, 3.63) is 0 Å². The molecule has 1 heterocycles. The molecule has 2 unspecified atom stereocenters. The summed E-state index contributed by atoms with van der Waals surface area (Å²) in [5.74, 6) is 0. The Kier molecular flexibility index (Phi) is 3.41. The minimum atomic E-state index is -2.19. The van der Waals surface area contributed by atoms with E-state index < -0.39 is 11.4 Å². The van der Waals surface area contributed by atoms with Crippen LogP contribution in [0.3, 0.4) is 0 Å². The molecule has 2 atom stereocenters. The van der Waals surface area contributed by atoms with E-state index in [4.69, 9.17) is 4.55 Å². The molecule has 0 aromatic carbocycles. The van der Waals surface area contributed by atoms with Crippen molar-refractivity contribution >= 4 is 11.4 Å². The summed E-state index contributed by atoms with van der Waals surface area (Å²) in [5, 5.41) is 4.55. The first-order valence-corrected chi connectivity index (χ1v) is 4.46. The van der Waals surface area contributed by atoms with Gasteiger partial charge in [0, 0.05) is 19.6 Å². The van der Waals surface area contributed by atoms with Gasteiger partial charge in [0.2, 0.25) is 0 Å². The molecule has 1 aliphatic rings. The molecule has 2 N–H and O–H groups in total. The molecule has 1 saturated heterocycles. The van der Waals surface area contributed by atoms with Crippen molar-refractivity contribution in [3.8, 4) is 0 Å². The van der Waals surface area contributed by atoms with Gasteiger partial charge in [0.15, 0.2) is 0 Å². The highest BCUT2D eigenvalue weighted by Gasteiger charge is 2.20. The average molecular weight is 180 g/mol. The van der Waals surface area contributed by atoms with E-state index in [0.29, 0.717) is 0 Å². The molecule has 5 nitrogen and oxygen atoms in total. The maximum Gasteiger partial charge on any atom is 0.319 e. The summed E-state index contributed by atoms with van der Waals surface area (Å²) in [6, 6.07) is 0.214. The van der Waals surface area contributed by atoms with Crippen molar-refractivity contribution in [2.75, 3.05) is 20.1 Å². The number of nitrogens with zero attached hydrogens (tertiary/aromatic N) is 1. The van der Waals surface area contributed by atoms with Gasteiger partial charge in [-0.15, -0.1) is 0 Å². The third-order valence-corrected chi connectivity index (χ3v) is 2.09. The summed E-state index contributed by atoms with van der Waals surface area (Å²) in [6.07, 6.45) is 0.952. The fraction of sp³-hybridized carbons (Fsp3) is 1.00. The summed E-state index contributed by atoms with van der Waals surface area (Å²) >= 11 is -2.19. The first-order valence-electron chi connectivity index (χ1n) is 3.43. The summed E-state index contributed by atoms with van der Waals surface area (Å²) in [7, 11) is 1.66. The highest BCUT2D eigenvalue weighted by atomic mass is 32.2. The van der Waals surface area contributed by atoms with Crippen LogP contribution >= 0.6 is 0 Å². The predicted octanol–water partition coefficient (Wildman–Crippen LogP) is -0.652. The van der Waals surface area contributed by atoms with Crippen molar-refractivity contribution in [1.29, 1.82) is 0 Å². The Morgan fingerprint density at radius 2 is 2.55 bits per heavy atom. The lowest BCUT2D eigenvalue weighted by Crippen LogP contribution is -2.33. The normalized spacial score (nSPS) is 27.7. The Hall–Kier alpha value is -0.0100. The zero-order valence-corrected chi connectivity index (χ0v) is 7.13. The van der Waals surface area contributed by atoms with Gasteiger partial charge in [0.05, 0.1) is 0 Å². The van der Waals surface area contributed by atoms with E-state index >= 15 is 0 Å². The van der Waals surface area contributed by atoms with Crippen molar-refractivity contribution in [2.24, 2.45) is 0 Å². The fourth-order valence-corrected chi connectivity index (χ4v) is 1.43. The second-order valence-corrected chi connectivity index (χ2v) is 3.07. The van der Waals surface area contributed by atoms with Crippen LogP contribution in [0.5, 0.6) is 0 Å². The molecule has 0 bridgehead atoms. The molecule has 0 radical (unpaired) electrons. The third-order valence-electron chi connectivity index (χ3n) is 1.73. The molecule has 66 valence electrons. The average Bonchev–Trinajstić information content (AvgIpc) is 2.35. The van der Waals surface area contributed by atoms with E-state index in [9.17, 15) is 4.21 Å². The van der Waals surface area contributed by atoms with Crippen LogP contribution in [0.1, 0.15) is 6.42 Å². The lowest BCUT2D eigenvalue weighted by molar-refractivity contribution is -0.0586. The number of likely N-dealkylation sites (N-methyl/N-ethyl adjacent to an activating group) is 1. The van der Waals surface area contributed by atoms with E-state index in [1.807, 2.05) is 0 Å². The van der Waals surface area contributed by atoms with E-state index in [1.54, 1.807) is 7.05 Å². The summed E-state index contributed by atoms with van der Waals surface area (Å²) in [6.45, 7) is 1.75. The topological polar surface area (TPSA) is 61.8 Å². The van der Waals surface area contributed by atoms with Crippen LogP contribution < -0.4 is 5.32 Å². The second-order valence-electron chi connectivity index (χ2n) is 2.48. The molecule has 11 heavy (non-hydrogen) atoms. The SMILES string of the molecule is CN(OS(=O)O)C1CCNC1. The predicted molar refractivity (Wildman–Crippen MR) is 40.9 cm³/mol. The Balaban J connectivity index is 2.28. The number of hydroxylamine groups is 2. The molecule has 1 rings (SSSR count). The summed E-state index contributed by atoms with van der Waals surface area (Å²) in [4.78, 5) is 0. The van der Waals surface area contributed by atoms with Gasteiger partial charge < -0.3 is 5.32 Å². The lowest BCUT2D eigenvalue weighted by atomic mass is 10.3. The Morgan fingerprint density at radius 1 is 1.82 bits per heavy atom. The van der Waals surface area contributed by atoms with Crippen LogP contribution in [-0.4, -0.2) is 40.0 Å². The number of hydrogen-bond acceptors (Lipinski definition) is 4. The van der Waals surface area contributed by atoms with Gasteiger partial charge in [0.25, 0.3) is 0 Å². The van der Waals surface area contributed by atoms with Crippen LogP contribution in [-0.2, 0) is 15.6 Å². The fourth-order valence-electron chi connectivity index (χ4n) is 1.11. The number of hydrogen-bond donors (Lipinski definition) is 2. The quantitative estimate of drug-likeness (QED) is 0.446. The summed E-state index contributed by atoms with van der Waals surface area (Å²) in [5.41, 5.74) is 0. The molecule has 6 heteroatoms. The van der Waals surface area contributed by atoms with Crippen LogP contribution in [0.2, 0.25) is 0 Å². The van der Waals surface area contributed by atoms with Crippen LogP contribution in [0.4, 0.5) is 0 Å². The van der Waals surface area contributed by atoms with Gasteiger partial charge in [-0.2, -0.15) is 13.6 Å². The molecule has 1 aliphatic heterocycles. The van der Waals surface area contributed by atoms with Crippen LogP contribution in [0.25, 0.3) is 0 Å².